The van der Waals surface area contributed by atoms with E-state index in [-0.39, 0.29) is 5.92 Å². The minimum Gasteiger partial charge on any atom is -0.368 e. The first-order valence-corrected chi connectivity index (χ1v) is 17.0. The van der Waals surface area contributed by atoms with E-state index in [1.54, 1.807) is 74.5 Å². The maximum absolute atomic E-state index is 14.0. The van der Waals surface area contributed by atoms with Crippen LogP contribution in [0, 0.1) is 11.8 Å². The van der Waals surface area contributed by atoms with Crippen molar-refractivity contribution >= 4 is 35.4 Å². The quantitative estimate of drug-likeness (QED) is 0.0921. The van der Waals surface area contributed by atoms with Gasteiger partial charge in [0.2, 0.25) is 35.4 Å². The Hall–Kier alpha value is -4.82. The van der Waals surface area contributed by atoms with Crippen LogP contribution >= 0.6 is 0 Å². The predicted octanol–water partition coefficient (Wildman–Crippen LogP) is 0.819. The molecule has 0 bridgehead atoms. The molecule has 11 N–H and O–H groups in total. The average Bonchev–Trinajstić information content (AvgIpc) is 3.08. The van der Waals surface area contributed by atoms with Gasteiger partial charge in [-0.15, -0.1) is 0 Å². The standard InChI is InChI=1S/C36H54N8O6/c1-21(2)20-27(41-32(46)26(38)18-12-13-19-37)33(47)42-28(22(3)4)34(48)43-30(25-16-10-7-11-17-25)36(50)44-29(24-14-8-6-9-15-24)35(49)40-23(5)31(39)45/h6-11,14-17,21-23,26-30H,12-13,18-20,37-38H2,1-5H3,(H2,39,45)(H,40,49)(H,41,46)(H,42,47)(H,43,48)(H,44,50)/t23-,26-,27-,28-,29-,30-/m1/s1. The van der Waals surface area contributed by atoms with Crippen molar-refractivity contribution in [3.63, 3.8) is 0 Å². The van der Waals surface area contributed by atoms with Crippen molar-refractivity contribution in [3.8, 4) is 0 Å². The van der Waals surface area contributed by atoms with Gasteiger partial charge in [-0.2, -0.15) is 0 Å². The largest absolute Gasteiger partial charge is 0.368 e. The summed E-state index contributed by atoms with van der Waals surface area (Å²) < 4.78 is 0. The molecule has 274 valence electrons. The van der Waals surface area contributed by atoms with Crippen LogP contribution in [0.4, 0.5) is 0 Å². The number of hydrogen-bond donors (Lipinski definition) is 8. The topological polar surface area (TPSA) is 241 Å². The fraction of sp³-hybridized carbons (Fsp3) is 0.500. The molecule has 2 aromatic carbocycles. The molecule has 0 unspecified atom stereocenters. The highest BCUT2D eigenvalue weighted by atomic mass is 16.2. The molecule has 0 fully saturated rings. The van der Waals surface area contributed by atoms with E-state index in [9.17, 15) is 28.8 Å². The van der Waals surface area contributed by atoms with E-state index in [0.29, 0.717) is 36.9 Å². The lowest BCUT2D eigenvalue weighted by atomic mass is 9.98. The normalized spacial score (nSPS) is 14.7. The molecular weight excluding hydrogens is 640 g/mol. The fourth-order valence-electron chi connectivity index (χ4n) is 5.13. The second-order valence-corrected chi connectivity index (χ2v) is 13.1. The molecule has 0 aliphatic carbocycles. The van der Waals surface area contributed by atoms with Gasteiger partial charge in [0.15, 0.2) is 0 Å². The molecule has 2 aromatic rings. The molecule has 14 nitrogen and oxygen atoms in total. The third-order valence-electron chi connectivity index (χ3n) is 8.04. The number of rotatable bonds is 20. The molecule has 0 spiro atoms. The first-order chi connectivity index (χ1) is 23.7. The summed E-state index contributed by atoms with van der Waals surface area (Å²) in [6, 6.07) is 10.4. The van der Waals surface area contributed by atoms with Crippen molar-refractivity contribution in [2.45, 2.75) is 96.6 Å². The van der Waals surface area contributed by atoms with Crippen molar-refractivity contribution < 1.29 is 28.8 Å². The van der Waals surface area contributed by atoms with Gasteiger partial charge in [-0.1, -0.05) is 94.8 Å². The van der Waals surface area contributed by atoms with Crippen LogP contribution in [0.25, 0.3) is 0 Å². The van der Waals surface area contributed by atoms with Gasteiger partial charge >= 0.3 is 0 Å². The second-order valence-electron chi connectivity index (χ2n) is 13.1. The Morgan fingerprint density at radius 2 is 1.12 bits per heavy atom. The molecule has 0 heterocycles. The lowest BCUT2D eigenvalue weighted by molar-refractivity contribution is -0.136. The molecule has 50 heavy (non-hydrogen) atoms. The summed E-state index contributed by atoms with van der Waals surface area (Å²) in [5.74, 6) is -4.26. The lowest BCUT2D eigenvalue weighted by Gasteiger charge is -2.29. The average molecular weight is 695 g/mol. The number of primary amides is 1. The minimum atomic E-state index is -1.29. The summed E-state index contributed by atoms with van der Waals surface area (Å²) in [6.45, 7) is 9.19. The molecule has 0 saturated heterocycles. The number of hydrogen-bond acceptors (Lipinski definition) is 8. The van der Waals surface area contributed by atoms with E-state index >= 15 is 0 Å². The first kappa shape index (κ1) is 41.4. The van der Waals surface area contributed by atoms with E-state index in [0.717, 1.165) is 6.42 Å². The zero-order valence-electron chi connectivity index (χ0n) is 29.6. The van der Waals surface area contributed by atoms with Crippen LogP contribution in [-0.4, -0.2) is 66.2 Å². The highest BCUT2D eigenvalue weighted by Crippen LogP contribution is 2.19. The predicted molar refractivity (Wildman–Crippen MR) is 190 cm³/mol. The van der Waals surface area contributed by atoms with Crippen molar-refractivity contribution in [3.05, 3.63) is 71.8 Å². The fourth-order valence-corrected chi connectivity index (χ4v) is 5.13. The number of carbonyl (C=O) groups excluding carboxylic acids is 6. The molecule has 0 aliphatic heterocycles. The molecule has 0 saturated carbocycles. The summed E-state index contributed by atoms with van der Waals surface area (Å²) >= 11 is 0. The van der Waals surface area contributed by atoms with Gasteiger partial charge in [-0.25, -0.2) is 0 Å². The number of nitrogens with two attached hydrogens (primary N) is 3. The maximum Gasteiger partial charge on any atom is 0.248 e. The summed E-state index contributed by atoms with van der Waals surface area (Å²) in [4.78, 5) is 79.3. The van der Waals surface area contributed by atoms with Crippen molar-refractivity contribution in [1.82, 2.24) is 26.6 Å². The van der Waals surface area contributed by atoms with Crippen LogP contribution in [0.1, 0.15) is 83.5 Å². The highest BCUT2D eigenvalue weighted by Gasteiger charge is 2.34. The summed E-state index contributed by atoms with van der Waals surface area (Å²) in [5, 5.41) is 13.5. The van der Waals surface area contributed by atoms with Gasteiger partial charge < -0.3 is 43.8 Å². The number of amides is 6. The van der Waals surface area contributed by atoms with Crippen LogP contribution < -0.4 is 43.8 Å². The monoisotopic (exact) mass is 694 g/mol. The summed E-state index contributed by atoms with van der Waals surface area (Å²) in [6.07, 6.45) is 2.10. The Balaban J connectivity index is 2.34. The highest BCUT2D eigenvalue weighted by molar-refractivity contribution is 5.97. The van der Waals surface area contributed by atoms with Crippen molar-refractivity contribution in [2.24, 2.45) is 29.0 Å². The summed E-state index contributed by atoms with van der Waals surface area (Å²) in [7, 11) is 0. The van der Waals surface area contributed by atoms with Crippen LogP contribution in [0.3, 0.4) is 0 Å². The Kier molecular flexibility index (Phi) is 17.1. The first-order valence-electron chi connectivity index (χ1n) is 17.0. The van der Waals surface area contributed by atoms with Crippen LogP contribution in [-0.2, 0) is 28.8 Å². The number of nitrogens with one attached hydrogen (secondary N) is 5. The maximum atomic E-state index is 14.0. The van der Waals surface area contributed by atoms with Crippen LogP contribution in [0.5, 0.6) is 0 Å². The van der Waals surface area contributed by atoms with Crippen LogP contribution in [0.2, 0.25) is 0 Å². The Morgan fingerprint density at radius 1 is 0.620 bits per heavy atom. The zero-order chi connectivity index (χ0) is 37.4. The van der Waals surface area contributed by atoms with Crippen molar-refractivity contribution in [1.29, 1.82) is 0 Å². The van der Waals surface area contributed by atoms with E-state index in [1.807, 2.05) is 13.8 Å². The second kappa shape index (κ2) is 20.6. The van der Waals surface area contributed by atoms with Gasteiger partial charge in [0.1, 0.15) is 30.2 Å². The van der Waals surface area contributed by atoms with Gasteiger partial charge in [0.05, 0.1) is 6.04 Å². The third kappa shape index (κ3) is 13.2. The van der Waals surface area contributed by atoms with Crippen molar-refractivity contribution in [2.75, 3.05) is 6.54 Å². The summed E-state index contributed by atoms with van der Waals surface area (Å²) in [5.41, 5.74) is 17.8. The molecule has 6 amide bonds. The molecular formula is C36H54N8O6. The lowest BCUT2D eigenvalue weighted by Crippen LogP contribution is -2.58. The Bertz CT molecular complexity index is 1420. The Morgan fingerprint density at radius 3 is 1.58 bits per heavy atom. The SMILES string of the molecule is CC(C)C[C@@H](NC(=O)[C@H](N)CCCCN)C(=O)N[C@@H](C(=O)N[C@@H](C(=O)N[C@@H](C(=O)N[C@H](C)C(N)=O)c1ccccc1)c1ccccc1)C(C)C. The van der Waals surface area contributed by atoms with Gasteiger partial charge in [-0.3, -0.25) is 28.8 Å². The smallest absolute Gasteiger partial charge is 0.248 e. The third-order valence-corrected chi connectivity index (χ3v) is 8.04. The zero-order valence-corrected chi connectivity index (χ0v) is 29.6. The number of carbonyl (C=O) groups is 6. The van der Waals surface area contributed by atoms with Crippen LogP contribution in [0.15, 0.2) is 60.7 Å². The van der Waals surface area contributed by atoms with Gasteiger partial charge in [0, 0.05) is 0 Å². The molecule has 14 heteroatoms. The molecule has 6 atom stereocenters. The number of benzene rings is 2. The number of unbranched alkanes of at least 4 members (excludes halogenated alkanes) is 1. The molecule has 2 rings (SSSR count). The molecule has 0 aliphatic rings. The minimum absolute atomic E-state index is 0.0257. The van der Waals surface area contributed by atoms with E-state index in [4.69, 9.17) is 17.2 Å². The van der Waals surface area contributed by atoms with Gasteiger partial charge in [0.25, 0.3) is 0 Å². The van der Waals surface area contributed by atoms with E-state index < -0.39 is 77.6 Å². The van der Waals surface area contributed by atoms with E-state index in [2.05, 4.69) is 26.6 Å². The molecule has 0 aromatic heterocycles. The van der Waals surface area contributed by atoms with E-state index in [1.165, 1.54) is 6.92 Å². The van der Waals surface area contributed by atoms with Gasteiger partial charge in [-0.05, 0) is 55.7 Å². The molecule has 0 radical (unpaired) electrons. The Labute approximate surface area is 294 Å².